The molecule has 2 rings (SSSR count). The number of nitrogens with zero attached hydrogens (tertiary/aromatic N) is 1. The first-order valence-electron chi connectivity index (χ1n) is 9.74. The molecule has 0 unspecified atom stereocenters. The van der Waals surface area contributed by atoms with Crippen LogP contribution >= 0.6 is 0 Å². The summed E-state index contributed by atoms with van der Waals surface area (Å²) >= 11 is 0. The molecule has 0 spiro atoms. The van der Waals surface area contributed by atoms with Crippen LogP contribution in [0.4, 0.5) is 0 Å². The van der Waals surface area contributed by atoms with Gasteiger partial charge in [0.2, 0.25) is 5.78 Å². The third-order valence-electron chi connectivity index (χ3n) is 5.29. The molecule has 0 aliphatic carbocycles. The summed E-state index contributed by atoms with van der Waals surface area (Å²) in [6.07, 6.45) is 2.93. The summed E-state index contributed by atoms with van der Waals surface area (Å²) in [6.45, 7) is 11.7. The fourth-order valence-corrected chi connectivity index (χ4v) is 4.43. The van der Waals surface area contributed by atoms with Crippen LogP contribution in [0.2, 0.25) is 0 Å². The number of nitrogens with one attached hydrogen (secondary N) is 1. The molecule has 0 fully saturated rings. The SMILES string of the molecule is CCCCn1[nH]c(C)c(C(=O)c2ccc(S(C)(=O)=O)c(C(C)=C(C)C)c2C)c1=O. The van der Waals surface area contributed by atoms with E-state index in [1.165, 1.54) is 16.8 Å². The van der Waals surface area contributed by atoms with Gasteiger partial charge in [0.25, 0.3) is 5.56 Å². The molecule has 2 aromatic rings. The van der Waals surface area contributed by atoms with E-state index in [-0.39, 0.29) is 21.8 Å². The predicted molar refractivity (Wildman–Crippen MR) is 116 cm³/mol. The first-order valence-corrected chi connectivity index (χ1v) is 11.6. The molecule has 1 N–H and O–H groups in total. The number of aromatic nitrogens is 2. The van der Waals surface area contributed by atoms with Crippen molar-refractivity contribution in [2.24, 2.45) is 0 Å². The van der Waals surface area contributed by atoms with Crippen LogP contribution in [-0.4, -0.2) is 30.2 Å². The number of benzene rings is 1. The van der Waals surface area contributed by atoms with E-state index < -0.39 is 9.84 Å². The second-order valence-corrected chi connectivity index (χ2v) is 9.74. The maximum atomic E-state index is 13.3. The van der Waals surface area contributed by atoms with E-state index in [4.69, 9.17) is 0 Å². The van der Waals surface area contributed by atoms with Gasteiger partial charge in [0.05, 0.1) is 4.90 Å². The van der Waals surface area contributed by atoms with Gasteiger partial charge in [0.1, 0.15) is 5.56 Å². The first-order chi connectivity index (χ1) is 13.4. The van der Waals surface area contributed by atoms with Gasteiger partial charge in [-0.2, -0.15) is 0 Å². The molecule has 0 aliphatic heterocycles. The molecular weight excluding hydrogens is 388 g/mol. The van der Waals surface area contributed by atoms with E-state index in [1.807, 2.05) is 27.7 Å². The average molecular weight is 419 g/mol. The minimum Gasteiger partial charge on any atom is -0.299 e. The standard InChI is InChI=1S/C22H30N2O4S/c1-8-9-12-24-22(26)20(16(6)23-24)21(25)17-10-11-18(29(7,27)28)19(15(17)5)14(4)13(2)3/h10-11,23H,8-9,12H2,1-7H3. The van der Waals surface area contributed by atoms with Crippen LogP contribution < -0.4 is 5.56 Å². The van der Waals surface area contributed by atoms with Crippen molar-refractivity contribution in [3.05, 3.63) is 56.0 Å². The summed E-state index contributed by atoms with van der Waals surface area (Å²) in [7, 11) is -3.48. The summed E-state index contributed by atoms with van der Waals surface area (Å²) in [6, 6.07) is 2.98. The van der Waals surface area contributed by atoms with Crippen LogP contribution in [0.15, 0.2) is 27.4 Å². The zero-order chi connectivity index (χ0) is 22.1. The second-order valence-electron chi connectivity index (χ2n) is 7.76. The van der Waals surface area contributed by atoms with E-state index in [2.05, 4.69) is 5.10 Å². The Kier molecular flexibility index (Phi) is 6.73. The molecule has 0 bridgehead atoms. The maximum absolute atomic E-state index is 13.3. The molecular formula is C22H30N2O4S. The lowest BCUT2D eigenvalue weighted by atomic mass is 9.91. The third-order valence-corrected chi connectivity index (χ3v) is 6.43. The Hall–Kier alpha value is -2.41. The lowest BCUT2D eigenvalue weighted by Crippen LogP contribution is -2.23. The first kappa shape index (κ1) is 22.9. The molecule has 0 radical (unpaired) electrons. The highest BCUT2D eigenvalue weighted by atomic mass is 32.2. The van der Waals surface area contributed by atoms with Crippen LogP contribution in [0.5, 0.6) is 0 Å². The van der Waals surface area contributed by atoms with E-state index >= 15 is 0 Å². The van der Waals surface area contributed by atoms with Gasteiger partial charge in [0, 0.05) is 24.1 Å². The minimum absolute atomic E-state index is 0.108. The van der Waals surface area contributed by atoms with Gasteiger partial charge in [0.15, 0.2) is 9.84 Å². The topological polar surface area (TPSA) is 89.0 Å². The lowest BCUT2D eigenvalue weighted by Gasteiger charge is -2.16. The highest BCUT2D eigenvalue weighted by Gasteiger charge is 2.26. The number of sulfone groups is 1. The predicted octanol–water partition coefficient (Wildman–Crippen LogP) is 4.04. The summed E-state index contributed by atoms with van der Waals surface area (Å²) in [5.74, 6) is -0.389. The van der Waals surface area contributed by atoms with E-state index in [9.17, 15) is 18.0 Å². The van der Waals surface area contributed by atoms with Crippen molar-refractivity contribution in [1.29, 1.82) is 0 Å². The Morgan fingerprint density at radius 2 is 1.72 bits per heavy atom. The molecule has 0 amide bonds. The largest absolute Gasteiger partial charge is 0.299 e. The van der Waals surface area contributed by atoms with Gasteiger partial charge < -0.3 is 0 Å². The number of carbonyl (C=O) groups is 1. The molecule has 0 saturated heterocycles. The summed E-state index contributed by atoms with van der Waals surface area (Å²) in [5.41, 5.74) is 3.50. The van der Waals surface area contributed by atoms with Crippen LogP contribution in [0, 0.1) is 13.8 Å². The van der Waals surface area contributed by atoms with Crippen molar-refractivity contribution in [3.63, 3.8) is 0 Å². The summed E-state index contributed by atoms with van der Waals surface area (Å²) in [4.78, 5) is 26.3. The number of H-pyrrole nitrogens is 1. The van der Waals surface area contributed by atoms with Crippen LogP contribution in [-0.2, 0) is 16.4 Å². The van der Waals surface area contributed by atoms with Crippen molar-refractivity contribution in [2.45, 2.75) is 65.8 Å². The number of carbonyl (C=O) groups excluding carboxylic acids is 1. The molecule has 1 heterocycles. The van der Waals surface area contributed by atoms with E-state index in [1.54, 1.807) is 13.8 Å². The number of rotatable bonds is 7. The molecule has 0 saturated carbocycles. The van der Waals surface area contributed by atoms with E-state index in [0.29, 0.717) is 28.9 Å². The Bertz CT molecular complexity index is 1140. The molecule has 29 heavy (non-hydrogen) atoms. The Morgan fingerprint density at radius 1 is 1.10 bits per heavy atom. The number of aryl methyl sites for hydroxylation is 2. The van der Waals surface area contributed by atoms with Crippen molar-refractivity contribution in [1.82, 2.24) is 9.78 Å². The third kappa shape index (κ3) is 4.45. The number of unbranched alkanes of at least 4 members (excludes halogenated alkanes) is 1. The summed E-state index contributed by atoms with van der Waals surface area (Å²) < 4.78 is 26.1. The number of ketones is 1. The fourth-order valence-electron chi connectivity index (χ4n) is 3.44. The van der Waals surface area contributed by atoms with Gasteiger partial charge in [-0.1, -0.05) is 18.9 Å². The maximum Gasteiger partial charge on any atom is 0.278 e. The molecule has 158 valence electrons. The number of hydrogen-bond acceptors (Lipinski definition) is 4. The smallest absolute Gasteiger partial charge is 0.278 e. The molecule has 7 heteroatoms. The molecule has 1 aromatic heterocycles. The van der Waals surface area contributed by atoms with Crippen LogP contribution in [0.1, 0.15) is 73.3 Å². The van der Waals surface area contributed by atoms with Gasteiger partial charge in [-0.3, -0.25) is 19.4 Å². The van der Waals surface area contributed by atoms with Gasteiger partial charge >= 0.3 is 0 Å². The van der Waals surface area contributed by atoms with Crippen molar-refractivity contribution in [2.75, 3.05) is 6.26 Å². The monoisotopic (exact) mass is 418 g/mol. The zero-order valence-corrected chi connectivity index (χ0v) is 19.1. The van der Waals surface area contributed by atoms with Gasteiger partial charge in [-0.25, -0.2) is 8.42 Å². The molecule has 0 atom stereocenters. The second kappa shape index (κ2) is 8.53. The van der Waals surface area contributed by atoms with Crippen LogP contribution in [0.25, 0.3) is 5.57 Å². The molecule has 0 aliphatic rings. The highest BCUT2D eigenvalue weighted by molar-refractivity contribution is 7.90. The Morgan fingerprint density at radius 3 is 2.24 bits per heavy atom. The zero-order valence-electron chi connectivity index (χ0n) is 18.3. The fraction of sp³-hybridized carbons (Fsp3) is 0.455. The highest BCUT2D eigenvalue weighted by Crippen LogP contribution is 2.32. The average Bonchev–Trinajstić information content (AvgIpc) is 2.91. The normalized spacial score (nSPS) is 11.6. The number of aromatic amines is 1. The van der Waals surface area contributed by atoms with Crippen molar-refractivity contribution >= 4 is 21.2 Å². The van der Waals surface area contributed by atoms with Gasteiger partial charge in [-0.15, -0.1) is 0 Å². The number of allylic oxidation sites excluding steroid dienone is 2. The van der Waals surface area contributed by atoms with Gasteiger partial charge in [-0.05, 0) is 69.9 Å². The molecule has 1 aromatic carbocycles. The van der Waals surface area contributed by atoms with Crippen molar-refractivity contribution in [3.8, 4) is 0 Å². The Balaban J connectivity index is 2.73. The minimum atomic E-state index is -3.48. The molecule has 6 nitrogen and oxygen atoms in total. The Labute approximate surface area is 172 Å². The van der Waals surface area contributed by atoms with E-state index in [0.717, 1.165) is 30.2 Å². The quantitative estimate of drug-likeness (QED) is 0.687. The summed E-state index contributed by atoms with van der Waals surface area (Å²) in [5, 5.41) is 2.99. The number of hydrogen-bond donors (Lipinski definition) is 1. The van der Waals surface area contributed by atoms with Crippen LogP contribution in [0.3, 0.4) is 0 Å². The lowest BCUT2D eigenvalue weighted by molar-refractivity contribution is 0.103. The van der Waals surface area contributed by atoms with Crippen molar-refractivity contribution < 1.29 is 13.2 Å².